The first kappa shape index (κ1) is 11.4. The van der Waals surface area contributed by atoms with Crippen LogP contribution in [0.1, 0.15) is 12.8 Å². The van der Waals surface area contributed by atoms with Gasteiger partial charge in [-0.3, -0.25) is 0 Å². The molecular formula is C8H13ClO2S2. The lowest BCUT2D eigenvalue weighted by Gasteiger charge is -2.17. The number of hydrogen-bond donors (Lipinski definition) is 0. The van der Waals surface area contributed by atoms with E-state index in [2.05, 4.69) is 0 Å². The first-order valence-electron chi connectivity index (χ1n) is 4.25. The Morgan fingerprint density at radius 1 is 1.54 bits per heavy atom. The average Bonchev–Trinajstić information content (AvgIpc) is 2.04. The van der Waals surface area contributed by atoms with E-state index in [4.69, 9.17) is 10.7 Å². The lowest BCUT2D eigenvalue weighted by molar-refractivity contribution is 0.611. The van der Waals surface area contributed by atoms with Gasteiger partial charge in [0.2, 0.25) is 9.05 Å². The third-order valence-electron chi connectivity index (χ3n) is 1.90. The Kier molecular flexibility index (Phi) is 4.62. The molecule has 2 nitrogen and oxygen atoms in total. The van der Waals surface area contributed by atoms with Gasteiger partial charge in [0.1, 0.15) is 0 Å². The monoisotopic (exact) mass is 240 g/mol. The van der Waals surface area contributed by atoms with E-state index < -0.39 is 9.05 Å². The van der Waals surface area contributed by atoms with E-state index in [0.717, 1.165) is 5.75 Å². The molecule has 0 radical (unpaired) electrons. The predicted molar refractivity (Wildman–Crippen MR) is 58.8 cm³/mol. The van der Waals surface area contributed by atoms with Crippen molar-refractivity contribution in [1.82, 2.24) is 0 Å². The van der Waals surface area contributed by atoms with Crippen LogP contribution in [0.4, 0.5) is 0 Å². The van der Waals surface area contributed by atoms with Gasteiger partial charge >= 0.3 is 0 Å². The van der Waals surface area contributed by atoms with Crippen LogP contribution >= 0.6 is 22.4 Å². The van der Waals surface area contributed by atoms with Crippen LogP contribution in [0.2, 0.25) is 0 Å². The third-order valence-corrected chi connectivity index (χ3v) is 4.11. The molecule has 1 rings (SSSR count). The first-order chi connectivity index (χ1) is 6.08. The van der Waals surface area contributed by atoms with Gasteiger partial charge in [-0.05, 0) is 30.3 Å². The molecule has 1 saturated heterocycles. The van der Waals surface area contributed by atoms with E-state index in [9.17, 15) is 8.42 Å². The Hall–Kier alpha value is 0.330. The molecule has 0 N–H and O–H groups in total. The van der Waals surface area contributed by atoms with Gasteiger partial charge in [0.05, 0.1) is 5.75 Å². The highest BCUT2D eigenvalue weighted by Crippen LogP contribution is 2.23. The maximum atomic E-state index is 10.6. The average molecular weight is 241 g/mol. The van der Waals surface area contributed by atoms with Crippen LogP contribution in [0, 0.1) is 5.92 Å². The van der Waals surface area contributed by atoms with E-state index in [1.54, 1.807) is 6.08 Å². The van der Waals surface area contributed by atoms with Gasteiger partial charge in [-0.15, -0.1) is 0 Å². The molecule has 1 heterocycles. The molecule has 0 aromatic carbocycles. The molecule has 0 amide bonds. The van der Waals surface area contributed by atoms with Gasteiger partial charge in [-0.25, -0.2) is 8.42 Å². The van der Waals surface area contributed by atoms with Crippen molar-refractivity contribution >= 4 is 31.5 Å². The number of rotatable bonds is 3. The molecule has 1 aliphatic heterocycles. The fourth-order valence-corrected chi connectivity index (χ4v) is 2.96. The first-order valence-corrected chi connectivity index (χ1v) is 7.88. The quantitative estimate of drug-likeness (QED) is 0.561. The zero-order valence-corrected chi connectivity index (χ0v) is 9.67. The molecule has 1 fully saturated rings. The largest absolute Gasteiger partial charge is 0.236 e. The second-order valence-electron chi connectivity index (χ2n) is 3.11. The highest BCUT2D eigenvalue weighted by Gasteiger charge is 2.10. The molecule has 76 valence electrons. The molecule has 0 spiro atoms. The van der Waals surface area contributed by atoms with Crippen LogP contribution in [-0.2, 0) is 9.05 Å². The molecule has 1 unspecified atom stereocenters. The fraction of sp³-hybridized carbons (Fsp3) is 0.750. The van der Waals surface area contributed by atoms with Crippen LogP contribution in [-0.4, -0.2) is 25.7 Å². The second kappa shape index (κ2) is 5.27. The number of thioether (sulfide) groups is 1. The Morgan fingerprint density at radius 3 is 2.85 bits per heavy atom. The number of allylic oxidation sites excluding steroid dienone is 1. The summed E-state index contributed by atoms with van der Waals surface area (Å²) in [5.41, 5.74) is 0. The molecule has 0 aromatic rings. The highest BCUT2D eigenvalue weighted by atomic mass is 35.7. The highest BCUT2D eigenvalue weighted by molar-refractivity contribution is 8.13. The number of hydrogen-bond acceptors (Lipinski definition) is 3. The molecule has 0 saturated carbocycles. The molecule has 1 aliphatic rings. The fourth-order valence-electron chi connectivity index (χ4n) is 1.28. The Bertz CT molecular complexity index is 266. The Balaban J connectivity index is 2.30. The maximum absolute atomic E-state index is 10.6. The van der Waals surface area contributed by atoms with Crippen molar-refractivity contribution in [2.24, 2.45) is 5.92 Å². The summed E-state index contributed by atoms with van der Waals surface area (Å²) in [5, 5.41) is 0. The van der Waals surface area contributed by atoms with E-state index in [1.165, 1.54) is 18.6 Å². The summed E-state index contributed by atoms with van der Waals surface area (Å²) in [5.74, 6) is 2.84. The van der Waals surface area contributed by atoms with Gasteiger partial charge in [-0.1, -0.05) is 12.2 Å². The zero-order chi connectivity index (χ0) is 9.73. The lowest BCUT2D eigenvalue weighted by Crippen LogP contribution is -2.07. The lowest BCUT2D eigenvalue weighted by atomic mass is 10.1. The molecule has 1 atom stereocenters. The maximum Gasteiger partial charge on any atom is 0.236 e. The van der Waals surface area contributed by atoms with Gasteiger partial charge in [0.15, 0.2) is 0 Å². The van der Waals surface area contributed by atoms with Crippen molar-refractivity contribution in [1.29, 1.82) is 0 Å². The smallest absolute Gasteiger partial charge is 0.212 e. The van der Waals surface area contributed by atoms with Gasteiger partial charge in [0.25, 0.3) is 0 Å². The summed E-state index contributed by atoms with van der Waals surface area (Å²) in [6.45, 7) is 0. The second-order valence-corrected chi connectivity index (χ2v) is 7.08. The molecule has 0 aromatic heterocycles. The van der Waals surface area contributed by atoms with Crippen molar-refractivity contribution in [2.45, 2.75) is 12.8 Å². The van der Waals surface area contributed by atoms with E-state index in [1.807, 2.05) is 17.8 Å². The van der Waals surface area contributed by atoms with Gasteiger partial charge in [0, 0.05) is 10.7 Å². The summed E-state index contributed by atoms with van der Waals surface area (Å²) in [4.78, 5) is 0. The van der Waals surface area contributed by atoms with Gasteiger partial charge in [-0.2, -0.15) is 11.8 Å². The minimum atomic E-state index is -3.35. The Morgan fingerprint density at radius 2 is 2.31 bits per heavy atom. The minimum absolute atomic E-state index is 0.0459. The normalized spacial score (nSPS) is 25.2. The van der Waals surface area contributed by atoms with Crippen molar-refractivity contribution in [2.75, 3.05) is 17.3 Å². The predicted octanol–water partition coefficient (Wildman–Crippen LogP) is 2.25. The molecule has 0 aliphatic carbocycles. The van der Waals surface area contributed by atoms with E-state index in [-0.39, 0.29) is 5.75 Å². The summed E-state index contributed by atoms with van der Waals surface area (Å²) < 4.78 is 21.2. The van der Waals surface area contributed by atoms with Crippen molar-refractivity contribution in [3.8, 4) is 0 Å². The Labute approximate surface area is 88.2 Å². The summed E-state index contributed by atoms with van der Waals surface area (Å²) in [6.07, 6.45) is 6.05. The van der Waals surface area contributed by atoms with Crippen LogP contribution in [0.3, 0.4) is 0 Å². The van der Waals surface area contributed by atoms with Crippen LogP contribution < -0.4 is 0 Å². The number of halogens is 1. The van der Waals surface area contributed by atoms with E-state index in [0.29, 0.717) is 5.92 Å². The van der Waals surface area contributed by atoms with Crippen molar-refractivity contribution < 1.29 is 8.42 Å². The molecular weight excluding hydrogens is 228 g/mol. The van der Waals surface area contributed by atoms with Crippen LogP contribution in [0.15, 0.2) is 12.2 Å². The van der Waals surface area contributed by atoms with E-state index >= 15 is 0 Å². The SMILES string of the molecule is O=S(=O)(Cl)C/C=C/C1CCCSC1. The summed E-state index contributed by atoms with van der Waals surface area (Å²) >= 11 is 1.93. The standard InChI is InChI=1S/C8H13ClO2S2/c9-13(10,11)6-2-4-8-3-1-5-12-7-8/h2,4,8H,1,3,5-7H2/b4-2+. The molecule has 5 heteroatoms. The third kappa shape index (κ3) is 5.60. The van der Waals surface area contributed by atoms with Crippen molar-refractivity contribution in [3.63, 3.8) is 0 Å². The zero-order valence-electron chi connectivity index (χ0n) is 7.28. The minimum Gasteiger partial charge on any atom is -0.212 e. The molecule has 0 bridgehead atoms. The van der Waals surface area contributed by atoms with Crippen molar-refractivity contribution in [3.05, 3.63) is 12.2 Å². The van der Waals surface area contributed by atoms with Gasteiger partial charge < -0.3 is 0 Å². The molecule has 13 heavy (non-hydrogen) atoms. The van der Waals surface area contributed by atoms with Crippen LogP contribution in [0.5, 0.6) is 0 Å². The summed E-state index contributed by atoms with van der Waals surface area (Å²) in [7, 11) is 1.72. The van der Waals surface area contributed by atoms with Crippen LogP contribution in [0.25, 0.3) is 0 Å². The summed E-state index contributed by atoms with van der Waals surface area (Å²) in [6, 6.07) is 0. The topological polar surface area (TPSA) is 34.1 Å².